The number of rotatable bonds is 3. The van der Waals surface area contributed by atoms with Gasteiger partial charge in [0.1, 0.15) is 17.4 Å². The van der Waals surface area contributed by atoms with Crippen molar-refractivity contribution in [2.45, 2.75) is 76.8 Å². The average molecular weight is 519 g/mol. The second-order valence-corrected chi connectivity index (χ2v) is 11.1. The molecule has 7 heteroatoms. The summed E-state index contributed by atoms with van der Waals surface area (Å²) < 4.78 is 71.7. The number of fused-ring (bicyclic) bond motifs is 2. The molecule has 2 aromatic rings. The second-order valence-electron chi connectivity index (χ2n) is 11.1. The molecule has 37 heavy (non-hydrogen) atoms. The number of hydrogen-bond acceptors (Lipinski definition) is 2. The minimum atomic E-state index is -4.86. The maximum absolute atomic E-state index is 14.7. The molecule has 0 aliphatic heterocycles. The van der Waals surface area contributed by atoms with Crippen LogP contribution in [0.15, 0.2) is 24.3 Å². The van der Waals surface area contributed by atoms with Crippen LogP contribution in [-0.4, -0.2) is 12.1 Å². The highest BCUT2D eigenvalue weighted by Gasteiger charge is 2.40. The van der Waals surface area contributed by atoms with Crippen LogP contribution >= 0.6 is 0 Å². The van der Waals surface area contributed by atoms with Gasteiger partial charge in [-0.05, 0) is 91.8 Å². The maximum Gasteiger partial charge on any atom is 0.458 e. The smallest absolute Gasteiger partial charge is 0.426 e. The lowest BCUT2D eigenvalue weighted by molar-refractivity contribution is -0.141. The summed E-state index contributed by atoms with van der Waals surface area (Å²) in [6.45, 7) is 0. The van der Waals surface area contributed by atoms with Gasteiger partial charge < -0.3 is 4.74 Å². The van der Waals surface area contributed by atoms with Crippen LogP contribution in [0.2, 0.25) is 0 Å². The minimum absolute atomic E-state index is 0.0857. The van der Waals surface area contributed by atoms with E-state index >= 15 is 0 Å². The van der Waals surface area contributed by atoms with Crippen LogP contribution in [0.4, 0.5) is 22.0 Å². The molecule has 3 fully saturated rings. The van der Waals surface area contributed by atoms with Crippen molar-refractivity contribution in [2.24, 2.45) is 29.6 Å². The molecule has 0 heterocycles. The van der Waals surface area contributed by atoms with Crippen LogP contribution in [0.3, 0.4) is 0 Å². The van der Waals surface area contributed by atoms with Crippen LogP contribution in [0.5, 0.6) is 5.75 Å². The first-order valence-corrected chi connectivity index (χ1v) is 13.4. The Morgan fingerprint density at radius 2 is 1.51 bits per heavy atom. The fourth-order valence-corrected chi connectivity index (χ4v) is 6.99. The highest BCUT2D eigenvalue weighted by molar-refractivity contribution is 5.87. The van der Waals surface area contributed by atoms with Gasteiger partial charge in [-0.3, -0.25) is 4.79 Å². The van der Waals surface area contributed by atoms with Crippen LogP contribution < -0.4 is 4.74 Å². The van der Waals surface area contributed by atoms with Crippen LogP contribution in [0.25, 0.3) is 10.8 Å². The number of carbonyl (C=O) groups excluding carboxylic acids is 1. The molecule has 2 aromatic carbocycles. The Hall–Kier alpha value is -2.62. The molecule has 3 aliphatic rings. The summed E-state index contributed by atoms with van der Waals surface area (Å²) >= 11 is 0. The average Bonchev–Trinajstić information content (AvgIpc) is 2.87. The van der Waals surface area contributed by atoms with Gasteiger partial charge >= 0.3 is 12.1 Å². The largest absolute Gasteiger partial charge is 0.458 e. The summed E-state index contributed by atoms with van der Waals surface area (Å²) in [5, 5.41) is -0.00879. The van der Waals surface area contributed by atoms with Crippen molar-refractivity contribution in [3.8, 4) is 17.6 Å². The molecular formula is C30H31F5O2. The Morgan fingerprint density at radius 1 is 0.838 bits per heavy atom. The normalized spacial score (nSPS) is 26.7. The maximum atomic E-state index is 14.7. The first kappa shape index (κ1) is 26.0. The van der Waals surface area contributed by atoms with Crippen molar-refractivity contribution in [1.29, 1.82) is 0 Å². The number of esters is 1. The molecule has 2 nitrogen and oxygen atoms in total. The van der Waals surface area contributed by atoms with Crippen LogP contribution in [-0.2, 0) is 4.79 Å². The van der Waals surface area contributed by atoms with Gasteiger partial charge in [0, 0.05) is 11.3 Å². The van der Waals surface area contributed by atoms with E-state index in [0.29, 0.717) is 11.8 Å². The molecule has 0 bridgehead atoms. The fourth-order valence-electron chi connectivity index (χ4n) is 6.99. The van der Waals surface area contributed by atoms with Crippen molar-refractivity contribution in [3.05, 3.63) is 41.5 Å². The zero-order chi connectivity index (χ0) is 26.2. The molecule has 3 aliphatic carbocycles. The van der Waals surface area contributed by atoms with Gasteiger partial charge in [-0.2, -0.15) is 13.2 Å². The lowest BCUT2D eigenvalue weighted by atomic mass is 9.61. The Labute approximate surface area is 213 Å². The molecule has 0 radical (unpaired) electrons. The summed E-state index contributed by atoms with van der Waals surface area (Å²) in [6.07, 6.45) is 8.34. The van der Waals surface area contributed by atoms with Crippen molar-refractivity contribution in [2.75, 3.05) is 0 Å². The van der Waals surface area contributed by atoms with Crippen molar-refractivity contribution >= 4 is 16.7 Å². The van der Waals surface area contributed by atoms with E-state index in [1.165, 1.54) is 75.5 Å². The highest BCUT2D eigenvalue weighted by atomic mass is 19.4. The molecule has 0 N–H and O–H groups in total. The SMILES string of the molecule is O=C(Oc1ccc2c(F)c(C#CC(F)(F)F)c(F)cc2c1)C1CCC2CC(C3CCCCC3)CCC2C1. The van der Waals surface area contributed by atoms with Gasteiger partial charge in [0.25, 0.3) is 0 Å². The monoisotopic (exact) mass is 518 g/mol. The summed E-state index contributed by atoms with van der Waals surface area (Å²) in [5.74, 6) is 2.64. The first-order valence-electron chi connectivity index (χ1n) is 13.4. The summed E-state index contributed by atoms with van der Waals surface area (Å²) in [6, 6.07) is 4.89. The molecular weight excluding hydrogens is 487 g/mol. The third-order valence-corrected chi connectivity index (χ3v) is 8.85. The van der Waals surface area contributed by atoms with Crippen LogP contribution in [0, 0.1) is 53.1 Å². The summed E-state index contributed by atoms with van der Waals surface area (Å²) in [5.41, 5.74) is -0.940. The third kappa shape index (κ3) is 5.94. The van der Waals surface area contributed by atoms with E-state index in [9.17, 15) is 26.7 Å². The van der Waals surface area contributed by atoms with Gasteiger partial charge in [-0.25, -0.2) is 8.78 Å². The second kappa shape index (κ2) is 10.6. The molecule has 0 spiro atoms. The molecule has 4 unspecified atom stereocenters. The van der Waals surface area contributed by atoms with Crippen molar-refractivity contribution in [3.63, 3.8) is 0 Å². The molecule has 0 saturated heterocycles. The fraction of sp³-hybridized carbons (Fsp3) is 0.567. The van der Waals surface area contributed by atoms with Crippen LogP contribution in [0.1, 0.15) is 76.2 Å². The zero-order valence-electron chi connectivity index (χ0n) is 20.7. The standard InChI is InChI=1S/C30H31F5O2/c31-27-17-23-16-24(10-11-25(23)28(32)26(27)12-13-30(33,34)35)37-29(36)22-9-8-20-14-19(6-7-21(20)15-22)18-4-2-1-3-5-18/h10-11,16-22H,1-9,14-15H2. The Morgan fingerprint density at radius 3 is 2.24 bits per heavy atom. The number of ether oxygens (including phenoxy) is 1. The van der Waals surface area contributed by atoms with Gasteiger partial charge in [0.15, 0.2) is 0 Å². The molecule has 5 rings (SSSR count). The van der Waals surface area contributed by atoms with Gasteiger partial charge in [0.2, 0.25) is 0 Å². The summed E-state index contributed by atoms with van der Waals surface area (Å²) in [4.78, 5) is 13.0. The zero-order valence-corrected chi connectivity index (χ0v) is 20.7. The number of carbonyl (C=O) groups is 1. The Balaban J connectivity index is 1.23. The topological polar surface area (TPSA) is 26.3 Å². The van der Waals surface area contributed by atoms with Gasteiger partial charge in [0.05, 0.1) is 11.5 Å². The molecule has 0 aromatic heterocycles. The Kier molecular flexibility index (Phi) is 7.47. The summed E-state index contributed by atoms with van der Waals surface area (Å²) in [7, 11) is 0. The number of alkyl halides is 3. The highest BCUT2D eigenvalue weighted by Crippen LogP contribution is 2.48. The first-order chi connectivity index (χ1) is 17.7. The predicted octanol–water partition coefficient (Wildman–Crippen LogP) is 8.35. The van der Waals surface area contributed by atoms with E-state index in [2.05, 4.69) is 0 Å². The minimum Gasteiger partial charge on any atom is -0.426 e. The van der Waals surface area contributed by atoms with E-state index in [4.69, 9.17) is 4.74 Å². The third-order valence-electron chi connectivity index (χ3n) is 8.85. The van der Waals surface area contributed by atoms with Gasteiger partial charge in [-0.15, -0.1) is 0 Å². The predicted molar refractivity (Wildman–Crippen MR) is 131 cm³/mol. The van der Waals surface area contributed by atoms with E-state index in [-0.39, 0.29) is 28.4 Å². The van der Waals surface area contributed by atoms with Gasteiger partial charge in [-0.1, -0.05) is 38.0 Å². The molecule has 198 valence electrons. The quantitative estimate of drug-likeness (QED) is 0.177. The van der Waals surface area contributed by atoms with E-state index in [1.54, 1.807) is 0 Å². The lowest BCUT2D eigenvalue weighted by Crippen LogP contribution is -2.36. The number of hydrogen-bond donors (Lipinski definition) is 0. The molecule has 0 amide bonds. The Bertz CT molecular complexity index is 1220. The number of benzene rings is 2. The number of halogens is 5. The molecule has 4 atom stereocenters. The van der Waals surface area contributed by atoms with E-state index in [1.807, 2.05) is 0 Å². The lowest BCUT2D eigenvalue weighted by Gasteiger charge is -2.44. The van der Waals surface area contributed by atoms with E-state index in [0.717, 1.165) is 43.1 Å². The van der Waals surface area contributed by atoms with Crippen molar-refractivity contribution in [1.82, 2.24) is 0 Å². The molecule has 3 saturated carbocycles. The van der Waals surface area contributed by atoms with Crippen molar-refractivity contribution < 1.29 is 31.5 Å². The van der Waals surface area contributed by atoms with E-state index < -0.39 is 23.4 Å².